The number of anilines is 1. The third-order valence-corrected chi connectivity index (χ3v) is 4.93. The van der Waals surface area contributed by atoms with Gasteiger partial charge in [0.1, 0.15) is 17.9 Å². The fraction of sp³-hybridized carbons (Fsp3) is 0.208. The standard InChI is InChI=1S/C24H24N2O5/c1-13(2)12-30-20-10-9-16-14(3)18(24(29)31-22(16)15(20)4)11-21(27)26-19-8-6-5-7-17(19)23(25)28/h5-10H,1,11-12H2,2-4H3,(H2,25,28)(H,26,27). The number of nitrogens with two attached hydrogens (primary N) is 1. The van der Waals surface area contributed by atoms with Crippen molar-refractivity contribution in [3.63, 3.8) is 0 Å². The Morgan fingerprint density at radius 1 is 1.13 bits per heavy atom. The number of para-hydroxylation sites is 1. The van der Waals surface area contributed by atoms with E-state index >= 15 is 0 Å². The van der Waals surface area contributed by atoms with Gasteiger partial charge in [0.2, 0.25) is 5.91 Å². The molecule has 0 radical (unpaired) electrons. The third-order valence-electron chi connectivity index (χ3n) is 4.93. The molecule has 1 aromatic heterocycles. The second-order valence-corrected chi connectivity index (χ2v) is 7.44. The van der Waals surface area contributed by atoms with Crippen molar-refractivity contribution in [3.8, 4) is 5.75 Å². The lowest BCUT2D eigenvalue weighted by Gasteiger charge is -2.13. The summed E-state index contributed by atoms with van der Waals surface area (Å²) in [5, 5.41) is 3.36. The number of ether oxygens (including phenoxy) is 1. The van der Waals surface area contributed by atoms with Gasteiger partial charge in [-0.15, -0.1) is 0 Å². The fourth-order valence-electron chi connectivity index (χ4n) is 3.29. The van der Waals surface area contributed by atoms with Crippen molar-refractivity contribution in [2.24, 2.45) is 5.73 Å². The van der Waals surface area contributed by atoms with Crippen molar-refractivity contribution in [1.82, 2.24) is 0 Å². The highest BCUT2D eigenvalue weighted by Crippen LogP contribution is 2.30. The predicted molar refractivity (Wildman–Crippen MR) is 120 cm³/mol. The van der Waals surface area contributed by atoms with E-state index in [9.17, 15) is 14.4 Å². The minimum atomic E-state index is -0.655. The molecule has 31 heavy (non-hydrogen) atoms. The molecule has 7 heteroatoms. The van der Waals surface area contributed by atoms with E-state index < -0.39 is 17.4 Å². The van der Waals surface area contributed by atoms with Gasteiger partial charge in [0.15, 0.2) is 0 Å². The number of hydrogen-bond acceptors (Lipinski definition) is 5. The first-order chi connectivity index (χ1) is 14.7. The molecule has 2 aromatic carbocycles. The maximum absolute atomic E-state index is 12.7. The first-order valence-electron chi connectivity index (χ1n) is 9.70. The summed E-state index contributed by atoms with van der Waals surface area (Å²) in [6, 6.07) is 10.0. The van der Waals surface area contributed by atoms with Gasteiger partial charge in [0, 0.05) is 10.9 Å². The molecule has 2 amide bonds. The number of aryl methyl sites for hydroxylation is 2. The van der Waals surface area contributed by atoms with Crippen molar-refractivity contribution < 1.29 is 18.7 Å². The lowest BCUT2D eigenvalue weighted by Crippen LogP contribution is -2.22. The van der Waals surface area contributed by atoms with Crippen LogP contribution in [0.2, 0.25) is 0 Å². The van der Waals surface area contributed by atoms with Crippen molar-refractivity contribution in [2.45, 2.75) is 27.2 Å². The summed E-state index contributed by atoms with van der Waals surface area (Å²) in [6.07, 6.45) is -0.204. The third kappa shape index (κ3) is 4.66. The molecule has 3 rings (SSSR count). The van der Waals surface area contributed by atoms with Crippen LogP contribution >= 0.6 is 0 Å². The molecule has 3 aromatic rings. The highest BCUT2D eigenvalue weighted by Gasteiger charge is 2.18. The second-order valence-electron chi connectivity index (χ2n) is 7.44. The topological polar surface area (TPSA) is 112 Å². The lowest BCUT2D eigenvalue weighted by molar-refractivity contribution is -0.115. The van der Waals surface area contributed by atoms with Crippen LogP contribution in [-0.4, -0.2) is 18.4 Å². The number of hydrogen-bond donors (Lipinski definition) is 2. The summed E-state index contributed by atoms with van der Waals surface area (Å²) in [5.74, 6) is -0.509. The minimum Gasteiger partial charge on any atom is -0.489 e. The first kappa shape index (κ1) is 21.8. The number of amides is 2. The fourth-order valence-corrected chi connectivity index (χ4v) is 3.29. The van der Waals surface area contributed by atoms with E-state index in [4.69, 9.17) is 14.9 Å². The first-order valence-corrected chi connectivity index (χ1v) is 9.70. The highest BCUT2D eigenvalue weighted by molar-refractivity contribution is 6.03. The SMILES string of the molecule is C=C(C)COc1ccc2c(C)c(CC(=O)Nc3ccccc3C(N)=O)c(=O)oc2c1C. The van der Waals surface area contributed by atoms with Gasteiger partial charge >= 0.3 is 5.63 Å². The molecule has 1 heterocycles. The number of benzene rings is 2. The second kappa shape index (κ2) is 8.87. The summed E-state index contributed by atoms with van der Waals surface area (Å²) in [7, 11) is 0. The van der Waals surface area contributed by atoms with Gasteiger partial charge in [-0.1, -0.05) is 18.7 Å². The maximum atomic E-state index is 12.7. The van der Waals surface area contributed by atoms with E-state index in [0.29, 0.717) is 29.1 Å². The van der Waals surface area contributed by atoms with E-state index in [0.717, 1.165) is 11.0 Å². The van der Waals surface area contributed by atoms with Crippen molar-refractivity contribution in [3.05, 3.63) is 81.2 Å². The van der Waals surface area contributed by atoms with Crippen LogP contribution in [0.5, 0.6) is 5.75 Å². The van der Waals surface area contributed by atoms with Crippen LogP contribution < -0.4 is 21.4 Å². The number of fused-ring (bicyclic) bond motifs is 1. The zero-order valence-corrected chi connectivity index (χ0v) is 17.7. The average Bonchev–Trinajstić information content (AvgIpc) is 2.71. The molecule has 7 nitrogen and oxygen atoms in total. The molecule has 160 valence electrons. The number of carbonyl (C=O) groups excluding carboxylic acids is 2. The van der Waals surface area contributed by atoms with Crippen LogP contribution in [0.25, 0.3) is 11.0 Å². The molecular formula is C24H24N2O5. The van der Waals surface area contributed by atoms with Crippen LogP contribution in [0.15, 0.2) is 57.8 Å². The van der Waals surface area contributed by atoms with Crippen LogP contribution in [0, 0.1) is 13.8 Å². The van der Waals surface area contributed by atoms with E-state index in [1.54, 1.807) is 37.3 Å². The summed E-state index contributed by atoms with van der Waals surface area (Å²) < 4.78 is 11.3. The molecule has 0 aliphatic rings. The number of carbonyl (C=O) groups is 2. The molecular weight excluding hydrogens is 396 g/mol. The molecule has 0 bridgehead atoms. The van der Waals surface area contributed by atoms with Crippen molar-refractivity contribution in [1.29, 1.82) is 0 Å². The lowest BCUT2D eigenvalue weighted by atomic mass is 10.0. The van der Waals surface area contributed by atoms with Crippen LogP contribution in [0.4, 0.5) is 5.69 Å². The normalized spacial score (nSPS) is 10.7. The van der Waals surface area contributed by atoms with E-state index in [2.05, 4.69) is 11.9 Å². The summed E-state index contributed by atoms with van der Waals surface area (Å²) in [5.41, 5.74) is 8.13. The molecule has 0 unspecified atom stereocenters. The van der Waals surface area contributed by atoms with Gasteiger partial charge < -0.3 is 20.2 Å². The Bertz CT molecular complexity index is 1260. The van der Waals surface area contributed by atoms with Crippen LogP contribution in [0.3, 0.4) is 0 Å². The van der Waals surface area contributed by atoms with Gasteiger partial charge in [-0.25, -0.2) is 4.79 Å². The summed E-state index contributed by atoms with van der Waals surface area (Å²) >= 11 is 0. The molecule has 0 aliphatic carbocycles. The molecule has 0 saturated carbocycles. The van der Waals surface area contributed by atoms with Crippen molar-refractivity contribution >= 4 is 28.5 Å². The van der Waals surface area contributed by atoms with E-state index in [1.165, 1.54) is 6.07 Å². The molecule has 0 aliphatic heterocycles. The largest absolute Gasteiger partial charge is 0.489 e. The molecule has 0 atom stereocenters. The quantitative estimate of drug-likeness (QED) is 0.448. The minimum absolute atomic E-state index is 0.191. The van der Waals surface area contributed by atoms with Gasteiger partial charge in [-0.3, -0.25) is 9.59 Å². The van der Waals surface area contributed by atoms with Crippen molar-refractivity contribution in [2.75, 3.05) is 11.9 Å². The smallest absolute Gasteiger partial charge is 0.340 e. The van der Waals surface area contributed by atoms with Crippen LogP contribution in [-0.2, 0) is 11.2 Å². The Balaban J connectivity index is 1.92. The summed E-state index contributed by atoms with van der Waals surface area (Å²) in [6.45, 7) is 9.62. The Kier molecular flexibility index (Phi) is 6.25. The number of rotatable bonds is 7. The number of primary amides is 1. The van der Waals surface area contributed by atoms with Gasteiger partial charge in [-0.05, 0) is 56.2 Å². The molecule has 3 N–H and O–H groups in total. The molecule has 0 saturated heterocycles. The Morgan fingerprint density at radius 3 is 2.52 bits per heavy atom. The highest BCUT2D eigenvalue weighted by atomic mass is 16.5. The van der Waals surface area contributed by atoms with Gasteiger partial charge in [0.25, 0.3) is 5.91 Å². The average molecular weight is 420 g/mol. The monoisotopic (exact) mass is 420 g/mol. The predicted octanol–water partition coefficient (Wildman–Crippen LogP) is 3.64. The molecule has 0 fully saturated rings. The van der Waals surface area contributed by atoms with Gasteiger partial charge in [-0.2, -0.15) is 0 Å². The van der Waals surface area contributed by atoms with Gasteiger partial charge in [0.05, 0.1) is 23.2 Å². The zero-order chi connectivity index (χ0) is 22.7. The van der Waals surface area contributed by atoms with Crippen LogP contribution in [0.1, 0.15) is 34.0 Å². The van der Waals surface area contributed by atoms with E-state index in [1.807, 2.05) is 13.8 Å². The molecule has 0 spiro atoms. The Hall–Kier alpha value is -3.87. The number of nitrogens with one attached hydrogen (secondary N) is 1. The van der Waals surface area contributed by atoms with E-state index in [-0.39, 0.29) is 23.2 Å². The zero-order valence-electron chi connectivity index (χ0n) is 17.7. The Morgan fingerprint density at radius 2 is 1.84 bits per heavy atom. The maximum Gasteiger partial charge on any atom is 0.340 e. The summed E-state index contributed by atoms with van der Waals surface area (Å²) in [4.78, 5) is 36.8. The Labute approximate surface area is 179 Å².